The molecule has 0 aliphatic heterocycles. The average Bonchev–Trinajstić information content (AvgIpc) is 3.19. The molecule has 0 N–H and O–H groups in total. The summed E-state index contributed by atoms with van der Waals surface area (Å²) in [6.07, 6.45) is 7.46. The highest BCUT2D eigenvalue weighted by Gasteiger charge is 2.10. The number of aromatic nitrogens is 2. The van der Waals surface area contributed by atoms with Gasteiger partial charge in [0, 0.05) is 35.9 Å². The minimum Gasteiger partial charge on any atom is -0.264 e. The Morgan fingerprint density at radius 2 is 0.500 bits per heavy atom. The van der Waals surface area contributed by atoms with Gasteiger partial charge in [0.2, 0.25) is 0 Å². The quantitative estimate of drug-likeness (QED) is 0.179. The highest BCUT2D eigenvalue weighted by Crippen LogP contribution is 2.35. The van der Waals surface area contributed by atoms with Crippen molar-refractivity contribution in [3.8, 4) is 77.9 Å². The first kappa shape index (κ1) is 29.1. The smallest absolute Gasteiger partial charge is 0.0346 e. The molecule has 2 aromatic heterocycles. The maximum Gasteiger partial charge on any atom is 0.0346 e. The van der Waals surface area contributed by atoms with Crippen LogP contribution in [0, 0.1) is 0 Å². The van der Waals surface area contributed by atoms with Crippen LogP contribution >= 0.6 is 0 Å². The summed E-state index contributed by atoms with van der Waals surface area (Å²) in [5.74, 6) is 0. The molecule has 48 heavy (non-hydrogen) atoms. The summed E-state index contributed by atoms with van der Waals surface area (Å²) < 4.78 is 0. The Balaban J connectivity index is 1.12. The predicted molar refractivity (Wildman–Crippen MR) is 200 cm³/mol. The largest absolute Gasteiger partial charge is 0.264 e. The zero-order valence-corrected chi connectivity index (χ0v) is 26.4. The highest BCUT2D eigenvalue weighted by molar-refractivity contribution is 5.84. The average molecular weight is 613 g/mol. The van der Waals surface area contributed by atoms with Crippen LogP contribution in [0.4, 0.5) is 0 Å². The van der Waals surface area contributed by atoms with Gasteiger partial charge >= 0.3 is 0 Å². The first-order chi connectivity index (χ1) is 23.8. The van der Waals surface area contributed by atoms with Crippen molar-refractivity contribution in [3.63, 3.8) is 0 Å². The van der Waals surface area contributed by atoms with Crippen molar-refractivity contribution in [3.05, 3.63) is 195 Å². The van der Waals surface area contributed by atoms with Crippen molar-refractivity contribution < 1.29 is 0 Å². The predicted octanol–water partition coefficient (Wildman–Crippen LogP) is 12.1. The first-order valence-electron chi connectivity index (χ1n) is 16.2. The Morgan fingerprint density at radius 1 is 0.208 bits per heavy atom. The van der Waals surface area contributed by atoms with Crippen LogP contribution in [0.3, 0.4) is 0 Å². The third-order valence-corrected chi connectivity index (χ3v) is 8.84. The minimum atomic E-state index is 1.09. The van der Waals surface area contributed by atoms with Crippen LogP contribution < -0.4 is 0 Å². The molecule has 0 saturated carbocycles. The maximum absolute atomic E-state index is 4.38. The second-order valence-electron chi connectivity index (χ2n) is 12.0. The van der Waals surface area contributed by atoms with Gasteiger partial charge in [-0.1, -0.05) is 121 Å². The number of pyridine rings is 2. The molecule has 8 rings (SSSR count). The number of nitrogens with zero attached hydrogens (tertiary/aromatic N) is 2. The van der Waals surface area contributed by atoms with Crippen molar-refractivity contribution in [2.75, 3.05) is 0 Å². The Kier molecular flexibility index (Phi) is 7.96. The lowest BCUT2D eigenvalue weighted by atomic mass is 9.92. The topological polar surface area (TPSA) is 25.8 Å². The van der Waals surface area contributed by atoms with Gasteiger partial charge in [0.1, 0.15) is 0 Å². The van der Waals surface area contributed by atoms with Crippen LogP contribution in [-0.4, -0.2) is 9.97 Å². The van der Waals surface area contributed by atoms with E-state index in [-0.39, 0.29) is 0 Å². The lowest BCUT2D eigenvalue weighted by Gasteiger charge is -2.13. The molecule has 2 heteroatoms. The molecule has 0 fully saturated rings. The van der Waals surface area contributed by atoms with Crippen LogP contribution in [0.1, 0.15) is 0 Å². The lowest BCUT2D eigenvalue weighted by molar-refractivity contribution is 1.32. The Hall–Kier alpha value is -6.38. The van der Waals surface area contributed by atoms with Gasteiger partial charge in [0.05, 0.1) is 0 Å². The van der Waals surface area contributed by atoms with Crippen molar-refractivity contribution in [2.45, 2.75) is 0 Å². The summed E-state index contributed by atoms with van der Waals surface area (Å²) in [4.78, 5) is 8.76. The molecule has 6 aromatic carbocycles. The van der Waals surface area contributed by atoms with E-state index in [1.807, 2.05) is 36.9 Å². The zero-order chi connectivity index (χ0) is 32.1. The van der Waals surface area contributed by atoms with E-state index in [0.29, 0.717) is 0 Å². The van der Waals surface area contributed by atoms with E-state index in [1.54, 1.807) is 0 Å². The van der Waals surface area contributed by atoms with Gasteiger partial charge in [-0.05, 0) is 115 Å². The summed E-state index contributed by atoms with van der Waals surface area (Å²) in [7, 11) is 0. The Morgan fingerprint density at radius 3 is 0.917 bits per heavy atom. The molecule has 0 aliphatic rings. The fourth-order valence-corrected chi connectivity index (χ4v) is 6.32. The summed E-state index contributed by atoms with van der Waals surface area (Å²) >= 11 is 0. The molecule has 0 bridgehead atoms. The molecule has 0 radical (unpaired) electrons. The fourth-order valence-electron chi connectivity index (χ4n) is 6.32. The van der Waals surface area contributed by atoms with E-state index in [0.717, 1.165) is 33.4 Å². The number of hydrogen-bond donors (Lipinski definition) is 0. The summed E-state index contributed by atoms with van der Waals surface area (Å²) in [6.45, 7) is 0. The molecule has 2 nitrogen and oxygen atoms in total. The van der Waals surface area contributed by atoms with Crippen molar-refractivity contribution in [1.82, 2.24) is 9.97 Å². The van der Waals surface area contributed by atoms with Gasteiger partial charge in [-0.3, -0.25) is 9.97 Å². The van der Waals surface area contributed by atoms with Crippen LogP contribution in [0.25, 0.3) is 77.9 Å². The highest BCUT2D eigenvalue weighted by atomic mass is 14.6. The van der Waals surface area contributed by atoms with Crippen molar-refractivity contribution in [2.24, 2.45) is 0 Å². The third kappa shape index (κ3) is 6.20. The first-order valence-corrected chi connectivity index (χ1v) is 16.2. The lowest BCUT2D eigenvalue weighted by Crippen LogP contribution is -1.88. The van der Waals surface area contributed by atoms with E-state index in [4.69, 9.17) is 0 Å². The molecule has 0 spiro atoms. The van der Waals surface area contributed by atoms with Crippen LogP contribution in [0.15, 0.2) is 195 Å². The molecule has 0 unspecified atom stereocenters. The second-order valence-corrected chi connectivity index (χ2v) is 12.0. The van der Waals surface area contributed by atoms with E-state index in [2.05, 4.69) is 168 Å². The SMILES string of the molecule is c1ccc(-c2ccc(-c3cccc(-c4cccc(-c5cccc(-c6cc(-c7cccnc7)cc(-c7cccnc7)c6)c5)c4)c3)cc2)cc1. The maximum atomic E-state index is 4.38. The molecule has 0 aliphatic carbocycles. The molecular weight excluding hydrogens is 581 g/mol. The normalized spacial score (nSPS) is 10.9. The van der Waals surface area contributed by atoms with Crippen molar-refractivity contribution >= 4 is 0 Å². The molecule has 0 atom stereocenters. The van der Waals surface area contributed by atoms with Crippen LogP contribution in [-0.2, 0) is 0 Å². The molecule has 0 saturated heterocycles. The Bertz CT molecular complexity index is 2250. The molecule has 0 amide bonds. The van der Waals surface area contributed by atoms with Crippen LogP contribution in [0.5, 0.6) is 0 Å². The molecule has 226 valence electrons. The van der Waals surface area contributed by atoms with E-state index in [1.165, 1.54) is 44.5 Å². The van der Waals surface area contributed by atoms with Gasteiger partial charge in [0.25, 0.3) is 0 Å². The van der Waals surface area contributed by atoms with E-state index < -0.39 is 0 Å². The number of rotatable bonds is 7. The van der Waals surface area contributed by atoms with Gasteiger partial charge in [-0.25, -0.2) is 0 Å². The van der Waals surface area contributed by atoms with E-state index in [9.17, 15) is 0 Å². The van der Waals surface area contributed by atoms with Crippen molar-refractivity contribution in [1.29, 1.82) is 0 Å². The number of hydrogen-bond acceptors (Lipinski definition) is 2. The van der Waals surface area contributed by atoms with E-state index >= 15 is 0 Å². The van der Waals surface area contributed by atoms with Gasteiger partial charge in [0.15, 0.2) is 0 Å². The minimum absolute atomic E-state index is 1.09. The van der Waals surface area contributed by atoms with Crippen LogP contribution in [0.2, 0.25) is 0 Å². The van der Waals surface area contributed by atoms with Gasteiger partial charge in [-0.15, -0.1) is 0 Å². The second kappa shape index (κ2) is 13.2. The standard InChI is InChI=1S/C46H32N2/c1-2-9-33(10-3-1)34-19-21-35(22-20-34)36-11-4-12-37(25-36)38-13-5-14-39(26-38)40-15-6-16-41(27-40)44-28-45(42-17-7-23-47-31-42)30-46(29-44)43-18-8-24-48-32-43/h1-32H. The molecule has 2 heterocycles. The summed E-state index contributed by atoms with van der Waals surface area (Å²) in [5.41, 5.74) is 16.4. The molecular formula is C46H32N2. The fraction of sp³-hybridized carbons (Fsp3) is 0. The summed E-state index contributed by atoms with van der Waals surface area (Å²) in [6, 6.07) is 60.8. The Labute approximate surface area is 281 Å². The third-order valence-electron chi connectivity index (χ3n) is 8.84. The summed E-state index contributed by atoms with van der Waals surface area (Å²) in [5, 5.41) is 0. The number of benzene rings is 6. The van der Waals surface area contributed by atoms with Gasteiger partial charge in [-0.2, -0.15) is 0 Å². The molecule has 8 aromatic rings. The van der Waals surface area contributed by atoms with Gasteiger partial charge < -0.3 is 0 Å². The monoisotopic (exact) mass is 612 g/mol. The zero-order valence-electron chi connectivity index (χ0n) is 26.4.